The van der Waals surface area contributed by atoms with Gasteiger partial charge < -0.3 is 5.32 Å². The Morgan fingerprint density at radius 1 is 1.30 bits per heavy atom. The molecule has 118 valence electrons. The van der Waals surface area contributed by atoms with E-state index < -0.39 is 0 Å². The average molecular weight is 384 g/mol. The molecule has 1 aromatic carbocycles. The van der Waals surface area contributed by atoms with Crippen LogP contribution in [0.1, 0.15) is 10.4 Å². The highest BCUT2D eigenvalue weighted by atomic mass is 35.5. The van der Waals surface area contributed by atoms with Gasteiger partial charge in [0.05, 0.1) is 11.5 Å². The van der Waals surface area contributed by atoms with E-state index in [4.69, 9.17) is 23.2 Å². The van der Waals surface area contributed by atoms with Crippen molar-refractivity contribution >= 4 is 63.6 Å². The van der Waals surface area contributed by atoms with Crippen molar-refractivity contribution in [3.63, 3.8) is 0 Å². The molecule has 1 fully saturated rings. The zero-order valence-electron chi connectivity index (χ0n) is 11.7. The number of halogens is 2. The molecule has 3 rings (SSSR count). The maximum atomic E-state index is 12.0. The van der Waals surface area contributed by atoms with Crippen molar-refractivity contribution in [1.29, 1.82) is 0 Å². The van der Waals surface area contributed by atoms with E-state index in [1.54, 1.807) is 29.7 Å². The summed E-state index contributed by atoms with van der Waals surface area (Å²) >= 11 is 15.0. The second kappa shape index (κ2) is 7.49. The fraction of sp³-hybridized carbons (Fsp3) is 0.133. The van der Waals surface area contributed by atoms with Crippen LogP contribution in [0.2, 0.25) is 10.0 Å². The van der Waals surface area contributed by atoms with E-state index in [9.17, 15) is 4.79 Å². The Kier molecular flexibility index (Phi) is 5.38. The third-order valence-corrected chi connectivity index (χ3v) is 5.54. The van der Waals surface area contributed by atoms with Gasteiger partial charge in [-0.2, -0.15) is 5.10 Å². The van der Waals surface area contributed by atoms with Crippen LogP contribution in [0, 0.1) is 0 Å². The van der Waals surface area contributed by atoms with Crippen LogP contribution in [-0.2, 0) is 11.2 Å². The molecule has 2 heterocycles. The Labute approximate surface area is 151 Å². The Morgan fingerprint density at radius 3 is 2.91 bits per heavy atom. The summed E-state index contributed by atoms with van der Waals surface area (Å²) in [6.45, 7) is 0. The van der Waals surface area contributed by atoms with Crippen molar-refractivity contribution < 1.29 is 4.79 Å². The number of hydrogen-bond acceptors (Lipinski definition) is 5. The van der Waals surface area contributed by atoms with Crippen LogP contribution in [0.15, 0.2) is 45.9 Å². The number of amides is 1. The highest BCUT2D eigenvalue weighted by Crippen LogP contribution is 2.28. The summed E-state index contributed by atoms with van der Waals surface area (Å²) in [5.41, 5.74) is 0.882. The molecule has 0 radical (unpaired) electrons. The number of hydrogen-bond donors (Lipinski definition) is 1. The molecule has 8 heteroatoms. The quantitative estimate of drug-likeness (QED) is 0.634. The second-order valence-corrected chi connectivity index (χ2v) is 7.72. The lowest BCUT2D eigenvalue weighted by atomic mass is 10.1. The summed E-state index contributed by atoms with van der Waals surface area (Å²) in [6.07, 6.45) is 2.17. The molecule has 0 bridgehead atoms. The molecule has 1 N–H and O–H groups in total. The van der Waals surface area contributed by atoms with Crippen LogP contribution in [0.3, 0.4) is 0 Å². The van der Waals surface area contributed by atoms with Crippen molar-refractivity contribution in [1.82, 2.24) is 5.32 Å². The van der Waals surface area contributed by atoms with Crippen LogP contribution in [0.5, 0.6) is 0 Å². The summed E-state index contributed by atoms with van der Waals surface area (Å²) in [6, 6.07) is 9.16. The molecule has 2 aromatic rings. The minimum atomic E-state index is -0.274. The molecule has 1 amide bonds. The number of rotatable bonds is 4. The van der Waals surface area contributed by atoms with E-state index in [2.05, 4.69) is 15.5 Å². The maximum Gasteiger partial charge on any atom is 0.239 e. The van der Waals surface area contributed by atoms with Crippen molar-refractivity contribution in [3.8, 4) is 0 Å². The molecule has 1 saturated heterocycles. The smallest absolute Gasteiger partial charge is 0.239 e. The van der Waals surface area contributed by atoms with Crippen LogP contribution in [0.4, 0.5) is 0 Å². The van der Waals surface area contributed by atoms with Crippen molar-refractivity contribution in [2.24, 2.45) is 10.2 Å². The number of carbonyl (C=O) groups is 1. The molecule has 4 nitrogen and oxygen atoms in total. The number of thioether (sulfide) groups is 1. The molecule has 1 atom stereocenters. The molecular weight excluding hydrogens is 373 g/mol. The van der Waals surface area contributed by atoms with E-state index in [0.717, 1.165) is 10.4 Å². The number of thiophene rings is 1. The number of carbonyl (C=O) groups excluding carboxylic acids is 1. The van der Waals surface area contributed by atoms with Crippen molar-refractivity contribution in [2.45, 2.75) is 11.7 Å². The minimum Gasteiger partial charge on any atom is -0.303 e. The summed E-state index contributed by atoms with van der Waals surface area (Å²) in [5.74, 6) is -0.0916. The highest BCUT2D eigenvalue weighted by Gasteiger charge is 2.30. The Balaban J connectivity index is 1.65. The zero-order valence-corrected chi connectivity index (χ0v) is 14.8. The van der Waals surface area contributed by atoms with Gasteiger partial charge in [0.15, 0.2) is 5.17 Å². The van der Waals surface area contributed by atoms with E-state index in [1.165, 1.54) is 11.8 Å². The first-order chi connectivity index (χ1) is 11.1. The van der Waals surface area contributed by atoms with Crippen LogP contribution >= 0.6 is 46.3 Å². The van der Waals surface area contributed by atoms with Crippen LogP contribution < -0.4 is 5.32 Å². The van der Waals surface area contributed by atoms with E-state index in [0.29, 0.717) is 21.6 Å². The fourth-order valence-electron chi connectivity index (χ4n) is 1.98. The van der Waals surface area contributed by atoms with Gasteiger partial charge in [-0.1, -0.05) is 47.1 Å². The first-order valence-corrected chi connectivity index (χ1v) is 9.19. The lowest BCUT2D eigenvalue weighted by molar-refractivity contribution is -0.118. The topological polar surface area (TPSA) is 53.8 Å². The predicted octanol–water partition coefficient (Wildman–Crippen LogP) is 4.22. The first kappa shape index (κ1) is 16.5. The van der Waals surface area contributed by atoms with Crippen molar-refractivity contribution in [2.75, 3.05) is 0 Å². The number of nitrogens with zero attached hydrogens (tertiary/aromatic N) is 2. The maximum absolute atomic E-state index is 12.0. The van der Waals surface area contributed by atoms with Gasteiger partial charge in [0, 0.05) is 14.9 Å². The molecule has 23 heavy (non-hydrogen) atoms. The fourth-order valence-corrected chi connectivity index (χ4v) is 3.99. The number of nitrogens with one attached hydrogen (secondary N) is 1. The van der Waals surface area contributed by atoms with Gasteiger partial charge in [0.1, 0.15) is 0 Å². The molecule has 0 saturated carbocycles. The summed E-state index contributed by atoms with van der Waals surface area (Å²) in [7, 11) is 0. The van der Waals surface area contributed by atoms with Gasteiger partial charge in [0.25, 0.3) is 0 Å². The molecular formula is C15H11Cl2N3OS2. The summed E-state index contributed by atoms with van der Waals surface area (Å²) < 4.78 is 0. The van der Waals surface area contributed by atoms with Gasteiger partial charge in [-0.05, 0) is 35.6 Å². The van der Waals surface area contributed by atoms with Crippen molar-refractivity contribution in [3.05, 3.63) is 56.2 Å². The largest absolute Gasteiger partial charge is 0.303 e. The lowest BCUT2D eigenvalue weighted by Crippen LogP contribution is -2.26. The average Bonchev–Trinajstić information content (AvgIpc) is 3.13. The van der Waals surface area contributed by atoms with Crippen LogP contribution in [0.25, 0.3) is 0 Å². The first-order valence-electron chi connectivity index (χ1n) is 6.68. The summed E-state index contributed by atoms with van der Waals surface area (Å²) in [5, 5.41) is 14.1. The highest BCUT2D eigenvalue weighted by molar-refractivity contribution is 8.15. The van der Waals surface area contributed by atoms with Gasteiger partial charge in [-0.25, -0.2) is 0 Å². The third kappa shape index (κ3) is 4.35. The van der Waals surface area contributed by atoms with E-state index in [-0.39, 0.29) is 11.2 Å². The Morgan fingerprint density at radius 2 is 2.17 bits per heavy atom. The molecule has 0 aliphatic carbocycles. The zero-order chi connectivity index (χ0) is 16.2. The molecule has 0 unspecified atom stereocenters. The number of amidine groups is 1. The Hall–Kier alpha value is -1.34. The molecule has 1 aliphatic heterocycles. The SMILES string of the molecule is O=C1N/C(=N\N=C\c2cccs2)S[C@@H]1Cc1ccc(Cl)cc1Cl. The number of benzene rings is 1. The van der Waals surface area contributed by atoms with Gasteiger partial charge in [0.2, 0.25) is 5.91 Å². The van der Waals surface area contributed by atoms with E-state index in [1.807, 2.05) is 23.6 Å². The standard InChI is InChI=1S/C15H11Cl2N3OS2/c16-10-4-3-9(12(17)7-10)6-13-14(21)19-15(23-13)20-18-8-11-2-1-5-22-11/h1-5,7-8,13H,6H2,(H,19,20,21)/b18-8+/t13-/m1/s1. The third-order valence-electron chi connectivity index (χ3n) is 3.07. The molecule has 1 aromatic heterocycles. The summed E-state index contributed by atoms with van der Waals surface area (Å²) in [4.78, 5) is 13.0. The molecule has 0 spiro atoms. The van der Waals surface area contributed by atoms with Crippen LogP contribution in [-0.4, -0.2) is 22.5 Å². The van der Waals surface area contributed by atoms with E-state index >= 15 is 0 Å². The van der Waals surface area contributed by atoms with Gasteiger partial charge in [-0.3, -0.25) is 4.79 Å². The predicted molar refractivity (Wildman–Crippen MR) is 99.0 cm³/mol. The molecule has 1 aliphatic rings. The van der Waals surface area contributed by atoms with Gasteiger partial charge >= 0.3 is 0 Å². The normalized spacial score (nSPS) is 19.7. The monoisotopic (exact) mass is 383 g/mol. The van der Waals surface area contributed by atoms with Gasteiger partial charge in [-0.15, -0.1) is 16.4 Å². The Bertz CT molecular complexity index is 775. The lowest BCUT2D eigenvalue weighted by Gasteiger charge is -2.07. The second-order valence-electron chi connectivity index (χ2n) is 4.70. The minimum absolute atomic E-state index is 0.0916.